The first-order valence-electron chi connectivity index (χ1n) is 5.21. The predicted molar refractivity (Wildman–Crippen MR) is 55.2 cm³/mol. The van der Waals surface area contributed by atoms with Gasteiger partial charge in [-0.15, -0.1) is 0 Å². The van der Waals surface area contributed by atoms with E-state index in [1.807, 2.05) is 13.8 Å². The molecule has 0 radical (unpaired) electrons. The maximum atomic E-state index is 12.0. The summed E-state index contributed by atoms with van der Waals surface area (Å²) in [6, 6.07) is 0. The lowest BCUT2D eigenvalue weighted by atomic mass is 9.80. The molecule has 0 aromatic heterocycles. The lowest BCUT2D eigenvalue weighted by Crippen LogP contribution is -2.49. The summed E-state index contributed by atoms with van der Waals surface area (Å²) in [5.41, 5.74) is -0.873. The van der Waals surface area contributed by atoms with Crippen LogP contribution in [0.3, 0.4) is 0 Å². The van der Waals surface area contributed by atoms with Gasteiger partial charge in [0.1, 0.15) is 5.78 Å². The van der Waals surface area contributed by atoms with E-state index in [4.69, 9.17) is 0 Å². The molecule has 1 aliphatic heterocycles. The van der Waals surface area contributed by atoms with Gasteiger partial charge in [0, 0.05) is 0 Å². The van der Waals surface area contributed by atoms with Gasteiger partial charge in [0.05, 0.1) is 5.54 Å². The lowest BCUT2D eigenvalue weighted by molar-refractivity contribution is -0.136. The molecule has 1 heterocycles. The minimum atomic E-state index is -1.09. The maximum absolute atomic E-state index is 12.0. The Labute approximate surface area is 89.4 Å². The van der Waals surface area contributed by atoms with Crippen LogP contribution in [0.5, 0.6) is 0 Å². The Hall–Kier alpha value is -1.19. The third-order valence-corrected chi connectivity index (χ3v) is 3.42. The molecule has 4 nitrogen and oxygen atoms in total. The number of hydrogen-bond acceptors (Lipinski definition) is 3. The molecule has 1 N–H and O–H groups in total. The molecule has 1 amide bonds. The number of rotatable bonds is 3. The van der Waals surface area contributed by atoms with Crippen molar-refractivity contribution in [3.63, 3.8) is 0 Å². The topological polar surface area (TPSA) is 63.2 Å². The molecule has 1 unspecified atom stereocenters. The predicted octanol–water partition coefficient (Wildman–Crippen LogP) is 0.695. The van der Waals surface area contributed by atoms with Crippen LogP contribution in [-0.4, -0.2) is 23.0 Å². The van der Waals surface area contributed by atoms with Crippen molar-refractivity contribution in [3.05, 3.63) is 0 Å². The van der Waals surface area contributed by atoms with E-state index < -0.39 is 17.4 Å². The van der Waals surface area contributed by atoms with E-state index in [1.54, 1.807) is 6.92 Å². The lowest BCUT2D eigenvalue weighted by Gasteiger charge is -2.28. The molecule has 1 saturated heterocycles. The van der Waals surface area contributed by atoms with Gasteiger partial charge in [-0.25, -0.2) is 0 Å². The van der Waals surface area contributed by atoms with Crippen molar-refractivity contribution in [2.24, 2.45) is 11.8 Å². The first-order valence-corrected chi connectivity index (χ1v) is 5.21. The highest BCUT2D eigenvalue weighted by Gasteiger charge is 2.53. The molecule has 1 aliphatic rings. The molecule has 0 aromatic carbocycles. The Morgan fingerprint density at radius 1 is 1.53 bits per heavy atom. The number of ketones is 2. The van der Waals surface area contributed by atoms with E-state index in [1.165, 1.54) is 6.92 Å². The van der Waals surface area contributed by atoms with Gasteiger partial charge in [-0.05, 0) is 19.8 Å². The van der Waals surface area contributed by atoms with Crippen LogP contribution >= 0.6 is 0 Å². The van der Waals surface area contributed by atoms with Crippen LogP contribution in [0.1, 0.15) is 34.1 Å². The zero-order valence-corrected chi connectivity index (χ0v) is 9.59. The molecule has 3 atom stereocenters. The van der Waals surface area contributed by atoms with Crippen LogP contribution in [0.25, 0.3) is 0 Å². The van der Waals surface area contributed by atoms with Gasteiger partial charge in [0.25, 0.3) is 0 Å². The Bertz CT molecular complexity index is 324. The van der Waals surface area contributed by atoms with E-state index in [2.05, 4.69) is 5.32 Å². The summed E-state index contributed by atoms with van der Waals surface area (Å²) >= 11 is 0. The molecule has 0 aliphatic carbocycles. The molecule has 0 saturated carbocycles. The fourth-order valence-electron chi connectivity index (χ4n) is 1.95. The van der Waals surface area contributed by atoms with Gasteiger partial charge in [-0.3, -0.25) is 14.4 Å². The molecule has 0 spiro atoms. The number of Topliss-reactive ketones (excluding diaryl/α,β-unsaturated/α-hetero) is 2. The molecule has 15 heavy (non-hydrogen) atoms. The first-order chi connectivity index (χ1) is 6.84. The second kappa shape index (κ2) is 3.76. The number of hydrogen-bond donors (Lipinski definition) is 1. The normalized spacial score (nSPS) is 32.7. The van der Waals surface area contributed by atoms with Crippen molar-refractivity contribution in [1.82, 2.24) is 5.32 Å². The van der Waals surface area contributed by atoms with Gasteiger partial charge in [0.2, 0.25) is 5.91 Å². The third kappa shape index (κ3) is 1.68. The Kier molecular flexibility index (Phi) is 2.98. The van der Waals surface area contributed by atoms with Crippen molar-refractivity contribution in [2.45, 2.75) is 39.7 Å². The van der Waals surface area contributed by atoms with E-state index in [-0.39, 0.29) is 17.5 Å². The van der Waals surface area contributed by atoms with Crippen LogP contribution < -0.4 is 5.32 Å². The summed E-state index contributed by atoms with van der Waals surface area (Å²) in [6.07, 6.45) is 0.785. The zero-order valence-electron chi connectivity index (χ0n) is 9.59. The van der Waals surface area contributed by atoms with Crippen LogP contribution in [0.2, 0.25) is 0 Å². The number of carbonyl (C=O) groups is 3. The second-order valence-corrected chi connectivity index (χ2v) is 4.41. The number of carbonyl (C=O) groups excluding carboxylic acids is 3. The highest BCUT2D eigenvalue weighted by molar-refractivity contribution is 6.25. The van der Waals surface area contributed by atoms with E-state index >= 15 is 0 Å². The largest absolute Gasteiger partial charge is 0.343 e. The highest BCUT2D eigenvalue weighted by Crippen LogP contribution is 2.30. The van der Waals surface area contributed by atoms with E-state index in [0.29, 0.717) is 0 Å². The maximum Gasteiger partial charge on any atom is 0.239 e. The molecular formula is C11H17NO3. The molecule has 84 valence electrons. The van der Waals surface area contributed by atoms with Gasteiger partial charge in [0.15, 0.2) is 11.7 Å². The van der Waals surface area contributed by atoms with Gasteiger partial charge in [-0.2, -0.15) is 0 Å². The highest BCUT2D eigenvalue weighted by atomic mass is 16.2. The van der Waals surface area contributed by atoms with Crippen molar-refractivity contribution in [2.75, 3.05) is 0 Å². The minimum absolute atomic E-state index is 0.0401. The second-order valence-electron chi connectivity index (χ2n) is 4.41. The summed E-state index contributed by atoms with van der Waals surface area (Å²) < 4.78 is 0. The number of nitrogens with one attached hydrogen (secondary N) is 1. The van der Waals surface area contributed by atoms with Crippen LogP contribution in [0, 0.1) is 11.8 Å². The Balaban J connectivity index is 3.04. The first kappa shape index (κ1) is 11.9. The minimum Gasteiger partial charge on any atom is -0.343 e. The van der Waals surface area contributed by atoms with Crippen LogP contribution in [0.15, 0.2) is 0 Å². The van der Waals surface area contributed by atoms with Crippen molar-refractivity contribution >= 4 is 17.5 Å². The smallest absolute Gasteiger partial charge is 0.239 e. The monoisotopic (exact) mass is 211 g/mol. The summed E-state index contributed by atoms with van der Waals surface area (Å²) in [7, 11) is 0. The van der Waals surface area contributed by atoms with E-state index in [0.717, 1.165) is 6.42 Å². The third-order valence-electron chi connectivity index (χ3n) is 3.42. The number of amides is 1. The Morgan fingerprint density at radius 2 is 2.07 bits per heavy atom. The summed E-state index contributed by atoms with van der Waals surface area (Å²) in [6.45, 7) is 6.84. The van der Waals surface area contributed by atoms with Crippen LogP contribution in [0.4, 0.5) is 0 Å². The quantitative estimate of drug-likeness (QED) is 0.699. The molecular weight excluding hydrogens is 194 g/mol. The van der Waals surface area contributed by atoms with Gasteiger partial charge < -0.3 is 5.32 Å². The molecule has 0 aromatic rings. The zero-order chi connectivity index (χ0) is 11.8. The average molecular weight is 211 g/mol. The Morgan fingerprint density at radius 3 is 2.40 bits per heavy atom. The standard InChI is InChI=1S/C11H17NO3/c1-5-6(2)11(4)9(14)8(7(3)13)10(15)12-11/h6,8H,5H2,1-4H3,(H,12,15)/t6-,8?,11+/m1/s1. The summed E-state index contributed by atoms with van der Waals surface area (Å²) in [4.78, 5) is 34.7. The van der Waals surface area contributed by atoms with Crippen molar-refractivity contribution < 1.29 is 14.4 Å². The SMILES string of the molecule is CC[C@@H](C)[C@]1(C)NC(=O)C(C(C)=O)C1=O. The average Bonchev–Trinajstić information content (AvgIpc) is 2.37. The molecule has 0 bridgehead atoms. The van der Waals surface area contributed by atoms with E-state index in [9.17, 15) is 14.4 Å². The molecule has 1 fully saturated rings. The van der Waals surface area contributed by atoms with Gasteiger partial charge >= 0.3 is 0 Å². The summed E-state index contributed by atoms with van der Waals surface area (Å²) in [5.74, 6) is -2.16. The van der Waals surface area contributed by atoms with Crippen LogP contribution in [-0.2, 0) is 14.4 Å². The van der Waals surface area contributed by atoms with Crippen molar-refractivity contribution in [3.8, 4) is 0 Å². The fraction of sp³-hybridized carbons (Fsp3) is 0.727. The molecule has 4 heteroatoms. The van der Waals surface area contributed by atoms with Crippen molar-refractivity contribution in [1.29, 1.82) is 0 Å². The summed E-state index contributed by atoms with van der Waals surface area (Å²) in [5, 5.41) is 2.65. The fourth-order valence-corrected chi connectivity index (χ4v) is 1.95. The molecule has 1 rings (SSSR count). The van der Waals surface area contributed by atoms with Gasteiger partial charge in [-0.1, -0.05) is 20.3 Å².